The molecule has 3 N–H and O–H groups in total. The van der Waals surface area contributed by atoms with Crippen molar-refractivity contribution in [3.05, 3.63) is 29.8 Å². The van der Waals surface area contributed by atoms with Crippen LogP contribution in [0.1, 0.15) is 52.0 Å². The van der Waals surface area contributed by atoms with Crippen LogP contribution in [0.2, 0.25) is 0 Å². The molecule has 1 aromatic carbocycles. The number of amides is 3. The fourth-order valence-corrected chi connectivity index (χ4v) is 2.54. The zero-order valence-corrected chi connectivity index (χ0v) is 15.4. The van der Waals surface area contributed by atoms with Gasteiger partial charge in [-0.05, 0) is 45.6 Å². The van der Waals surface area contributed by atoms with E-state index in [0.717, 1.165) is 24.8 Å². The second-order valence-corrected chi connectivity index (χ2v) is 7.00. The minimum absolute atomic E-state index is 0.117. The van der Waals surface area contributed by atoms with Crippen molar-refractivity contribution in [3.8, 4) is 0 Å². The summed E-state index contributed by atoms with van der Waals surface area (Å²) < 4.78 is 5.93. The highest BCUT2D eigenvalue weighted by Gasteiger charge is 2.23. The van der Waals surface area contributed by atoms with Crippen molar-refractivity contribution in [1.29, 1.82) is 0 Å². The molecule has 138 valence electrons. The highest BCUT2D eigenvalue weighted by atomic mass is 16.5. The van der Waals surface area contributed by atoms with Crippen LogP contribution in [0, 0.1) is 0 Å². The van der Waals surface area contributed by atoms with Crippen molar-refractivity contribution >= 4 is 17.6 Å². The van der Waals surface area contributed by atoms with E-state index in [2.05, 4.69) is 22.9 Å². The summed E-state index contributed by atoms with van der Waals surface area (Å²) in [5.41, 5.74) is 1.39. The Bertz CT molecular complexity index is 601. The Morgan fingerprint density at radius 1 is 1.32 bits per heavy atom. The second kappa shape index (κ2) is 8.85. The molecule has 1 fully saturated rings. The Morgan fingerprint density at radius 3 is 2.84 bits per heavy atom. The number of carbonyl (C=O) groups is 2. The number of rotatable bonds is 6. The van der Waals surface area contributed by atoms with Gasteiger partial charge in [0.15, 0.2) is 0 Å². The number of benzene rings is 1. The topological polar surface area (TPSA) is 79.5 Å². The molecule has 6 nitrogen and oxygen atoms in total. The van der Waals surface area contributed by atoms with Gasteiger partial charge in [-0.25, -0.2) is 4.79 Å². The van der Waals surface area contributed by atoms with Crippen molar-refractivity contribution < 1.29 is 14.3 Å². The molecule has 0 aliphatic carbocycles. The fraction of sp³-hybridized carbons (Fsp3) is 0.579. The molecule has 0 bridgehead atoms. The quantitative estimate of drug-likeness (QED) is 0.739. The molecule has 0 radical (unpaired) electrons. The van der Waals surface area contributed by atoms with Crippen molar-refractivity contribution in [2.24, 2.45) is 0 Å². The van der Waals surface area contributed by atoms with Gasteiger partial charge in [-0.1, -0.05) is 25.1 Å². The van der Waals surface area contributed by atoms with E-state index in [1.165, 1.54) is 0 Å². The molecule has 1 heterocycles. The van der Waals surface area contributed by atoms with Gasteiger partial charge in [0.1, 0.15) is 6.04 Å². The lowest BCUT2D eigenvalue weighted by Gasteiger charge is -2.24. The minimum atomic E-state index is -0.482. The molecule has 1 aliphatic heterocycles. The first-order chi connectivity index (χ1) is 11.9. The third-order valence-electron chi connectivity index (χ3n) is 4.58. The summed E-state index contributed by atoms with van der Waals surface area (Å²) in [6, 6.07) is 6.70. The van der Waals surface area contributed by atoms with Gasteiger partial charge in [-0.15, -0.1) is 0 Å². The Morgan fingerprint density at radius 2 is 2.08 bits per heavy atom. The highest BCUT2D eigenvalue weighted by Crippen LogP contribution is 2.21. The number of para-hydroxylation sites is 1. The number of hydrogen-bond acceptors (Lipinski definition) is 3. The largest absolute Gasteiger partial charge is 0.371 e. The van der Waals surface area contributed by atoms with Gasteiger partial charge in [0.05, 0.1) is 12.2 Å². The summed E-state index contributed by atoms with van der Waals surface area (Å²) in [6.45, 7) is 7.25. The molecule has 1 aliphatic rings. The van der Waals surface area contributed by atoms with Crippen molar-refractivity contribution in [1.82, 2.24) is 10.6 Å². The van der Waals surface area contributed by atoms with Gasteiger partial charge < -0.3 is 20.7 Å². The van der Waals surface area contributed by atoms with E-state index in [4.69, 9.17) is 4.74 Å². The Hall–Kier alpha value is -2.08. The third kappa shape index (κ3) is 6.05. The van der Waals surface area contributed by atoms with E-state index in [9.17, 15) is 9.59 Å². The van der Waals surface area contributed by atoms with Crippen LogP contribution in [0.4, 0.5) is 10.5 Å². The molecular weight excluding hydrogens is 318 g/mol. The van der Waals surface area contributed by atoms with E-state index >= 15 is 0 Å². The predicted molar refractivity (Wildman–Crippen MR) is 98.4 cm³/mol. The summed E-state index contributed by atoms with van der Waals surface area (Å²) >= 11 is 0. The lowest BCUT2D eigenvalue weighted by molar-refractivity contribution is -0.122. The number of hydrogen-bond donors (Lipinski definition) is 3. The van der Waals surface area contributed by atoms with Crippen LogP contribution in [0.15, 0.2) is 24.3 Å². The number of carbonyl (C=O) groups excluding carboxylic acids is 2. The standard InChI is InChI=1S/C19H29N3O3/c1-4-19(2,3)25-13-14-9-5-6-10-15(14)21-18(24)22-16-11-7-8-12-20-17(16)23/h5-6,9-10,16H,4,7-8,11-13H2,1-3H3,(H,20,23)(H2,21,22,24). The van der Waals surface area contributed by atoms with Gasteiger partial charge in [0.2, 0.25) is 5.91 Å². The van der Waals surface area contributed by atoms with Gasteiger partial charge >= 0.3 is 6.03 Å². The zero-order chi connectivity index (χ0) is 18.3. The highest BCUT2D eigenvalue weighted by molar-refractivity contribution is 5.94. The van der Waals surface area contributed by atoms with E-state index < -0.39 is 6.04 Å². The Labute approximate surface area is 149 Å². The molecule has 1 unspecified atom stereocenters. The van der Waals surface area contributed by atoms with Crippen LogP contribution in [-0.4, -0.2) is 30.1 Å². The molecule has 6 heteroatoms. The molecule has 1 aromatic rings. The van der Waals surface area contributed by atoms with Gasteiger partial charge in [0, 0.05) is 17.8 Å². The third-order valence-corrected chi connectivity index (χ3v) is 4.58. The normalized spacial score (nSPS) is 18.2. The molecule has 3 amide bonds. The lowest BCUT2D eigenvalue weighted by atomic mass is 10.1. The zero-order valence-electron chi connectivity index (χ0n) is 15.4. The SMILES string of the molecule is CCC(C)(C)OCc1ccccc1NC(=O)NC1CCCCNC1=O. The molecule has 0 spiro atoms. The lowest BCUT2D eigenvalue weighted by Crippen LogP contribution is -2.47. The maximum Gasteiger partial charge on any atom is 0.319 e. The van der Waals surface area contributed by atoms with Crippen molar-refractivity contribution in [2.75, 3.05) is 11.9 Å². The molecular formula is C19H29N3O3. The van der Waals surface area contributed by atoms with Crippen LogP contribution >= 0.6 is 0 Å². The first-order valence-electron chi connectivity index (χ1n) is 8.98. The molecule has 25 heavy (non-hydrogen) atoms. The first kappa shape index (κ1) is 19.2. The molecule has 1 atom stereocenters. The first-order valence-corrected chi connectivity index (χ1v) is 8.98. The van der Waals surface area contributed by atoms with Crippen LogP contribution in [-0.2, 0) is 16.1 Å². The summed E-state index contributed by atoms with van der Waals surface area (Å²) in [5.74, 6) is -0.117. The van der Waals surface area contributed by atoms with E-state index in [1.807, 2.05) is 38.1 Å². The number of nitrogens with one attached hydrogen (secondary N) is 3. The van der Waals surface area contributed by atoms with Crippen molar-refractivity contribution in [3.63, 3.8) is 0 Å². The maximum absolute atomic E-state index is 12.3. The average Bonchev–Trinajstić information content (AvgIpc) is 2.79. The van der Waals surface area contributed by atoms with Crippen LogP contribution in [0.25, 0.3) is 0 Å². The minimum Gasteiger partial charge on any atom is -0.371 e. The number of urea groups is 1. The van der Waals surface area contributed by atoms with E-state index in [0.29, 0.717) is 25.3 Å². The maximum atomic E-state index is 12.3. The average molecular weight is 347 g/mol. The van der Waals surface area contributed by atoms with Gasteiger partial charge in [-0.2, -0.15) is 0 Å². The van der Waals surface area contributed by atoms with E-state index in [-0.39, 0.29) is 17.5 Å². The second-order valence-electron chi connectivity index (χ2n) is 7.00. The number of ether oxygens (including phenoxy) is 1. The molecule has 0 saturated carbocycles. The van der Waals surface area contributed by atoms with Gasteiger partial charge in [-0.3, -0.25) is 4.79 Å². The van der Waals surface area contributed by atoms with Crippen LogP contribution < -0.4 is 16.0 Å². The van der Waals surface area contributed by atoms with Crippen molar-refractivity contribution in [2.45, 2.75) is 64.7 Å². The van der Waals surface area contributed by atoms with Crippen LogP contribution in [0.5, 0.6) is 0 Å². The summed E-state index contributed by atoms with van der Waals surface area (Å²) in [5, 5.41) is 8.43. The Kier molecular flexibility index (Phi) is 6.82. The smallest absolute Gasteiger partial charge is 0.319 e. The Balaban J connectivity index is 1.97. The molecule has 1 saturated heterocycles. The summed E-state index contributed by atoms with van der Waals surface area (Å²) in [4.78, 5) is 24.2. The summed E-state index contributed by atoms with van der Waals surface area (Å²) in [6.07, 6.45) is 3.42. The summed E-state index contributed by atoms with van der Waals surface area (Å²) in [7, 11) is 0. The number of anilines is 1. The predicted octanol–water partition coefficient (Wildman–Crippen LogP) is 3.18. The molecule has 0 aromatic heterocycles. The fourth-order valence-electron chi connectivity index (χ4n) is 2.54. The van der Waals surface area contributed by atoms with Crippen LogP contribution in [0.3, 0.4) is 0 Å². The van der Waals surface area contributed by atoms with Gasteiger partial charge in [0.25, 0.3) is 0 Å². The monoisotopic (exact) mass is 347 g/mol. The molecule has 2 rings (SSSR count). The van der Waals surface area contributed by atoms with E-state index in [1.54, 1.807) is 0 Å².